The highest BCUT2D eigenvalue weighted by Crippen LogP contribution is 2.16. The van der Waals surface area contributed by atoms with Gasteiger partial charge in [0.05, 0.1) is 13.0 Å². The Labute approximate surface area is 181 Å². The third-order valence-electron chi connectivity index (χ3n) is 4.35. The number of hydrogen-bond donors (Lipinski definition) is 2. The molecule has 2 N–H and O–H groups in total. The molecule has 1 aliphatic heterocycles. The van der Waals surface area contributed by atoms with Crippen LogP contribution in [0.3, 0.4) is 0 Å². The van der Waals surface area contributed by atoms with E-state index in [4.69, 9.17) is 28.6 Å². The second kappa shape index (κ2) is 11.1. The normalized spacial score (nSPS) is 16.3. The molecule has 0 radical (unpaired) electrons. The minimum atomic E-state index is -0.806. The number of aryl methyl sites for hydroxylation is 1. The number of amides is 2. The summed E-state index contributed by atoms with van der Waals surface area (Å²) in [6, 6.07) is 6.52. The molecule has 1 aromatic rings. The molecule has 1 saturated heterocycles. The number of piperazine rings is 1. The van der Waals surface area contributed by atoms with Crippen LogP contribution in [0.1, 0.15) is 32.3 Å². The van der Waals surface area contributed by atoms with Crippen LogP contribution in [0, 0.1) is 5.92 Å². The molecule has 1 heterocycles. The molecular weight excluding hydrogens is 414 g/mol. The highest BCUT2D eigenvalue weighted by molar-refractivity contribution is 7.80. The fourth-order valence-corrected chi connectivity index (χ4v) is 3.40. The lowest BCUT2D eigenvalue weighted by Crippen LogP contribution is -2.60. The van der Waals surface area contributed by atoms with Crippen LogP contribution in [0.2, 0.25) is 5.02 Å². The number of halogens is 1. The lowest BCUT2D eigenvalue weighted by atomic mass is 10.1. The van der Waals surface area contributed by atoms with Crippen molar-refractivity contribution >= 4 is 46.7 Å². The third kappa shape index (κ3) is 7.29. The maximum atomic E-state index is 12.3. The lowest BCUT2D eigenvalue weighted by molar-refractivity contribution is -0.148. The number of carbonyl (C=O) groups is 3. The molecule has 0 aliphatic carbocycles. The van der Waals surface area contributed by atoms with Gasteiger partial charge in [-0.05, 0) is 36.2 Å². The molecule has 0 bridgehead atoms. The summed E-state index contributed by atoms with van der Waals surface area (Å²) in [4.78, 5) is 38.2. The van der Waals surface area contributed by atoms with Gasteiger partial charge in [-0.25, -0.2) is 0 Å². The Hall–Kier alpha value is -2.19. The van der Waals surface area contributed by atoms with Crippen molar-refractivity contribution in [2.75, 3.05) is 19.7 Å². The molecule has 29 heavy (non-hydrogen) atoms. The number of nitrogens with one attached hydrogen (secondary N) is 2. The summed E-state index contributed by atoms with van der Waals surface area (Å²) in [5.74, 6) is -0.861. The van der Waals surface area contributed by atoms with E-state index in [1.54, 1.807) is 11.0 Å². The molecule has 2 amide bonds. The number of rotatable bonds is 7. The van der Waals surface area contributed by atoms with Crippen LogP contribution in [-0.2, 0) is 25.5 Å². The fourth-order valence-electron chi connectivity index (χ4n) is 2.84. The molecule has 1 aliphatic rings. The van der Waals surface area contributed by atoms with Crippen molar-refractivity contribution in [1.82, 2.24) is 15.5 Å². The van der Waals surface area contributed by atoms with E-state index in [0.29, 0.717) is 24.5 Å². The molecular formula is C20H26ClN3O4S. The SMILES string of the molecule is CC(C)COC(=O)CC1C(=O)NCCN1C(=S)NC(=O)CCc1ccccc1Cl. The molecule has 1 atom stereocenters. The quantitative estimate of drug-likeness (QED) is 0.499. The molecule has 0 aromatic heterocycles. The van der Waals surface area contributed by atoms with Gasteiger partial charge in [0, 0.05) is 24.5 Å². The second-order valence-electron chi connectivity index (χ2n) is 7.23. The fraction of sp³-hybridized carbons (Fsp3) is 0.500. The molecule has 0 saturated carbocycles. The van der Waals surface area contributed by atoms with Gasteiger partial charge in [0.25, 0.3) is 0 Å². The van der Waals surface area contributed by atoms with Crippen LogP contribution in [-0.4, -0.2) is 53.5 Å². The van der Waals surface area contributed by atoms with Gasteiger partial charge in [0.15, 0.2) is 5.11 Å². The highest BCUT2D eigenvalue weighted by atomic mass is 35.5. The van der Waals surface area contributed by atoms with Crippen molar-refractivity contribution in [1.29, 1.82) is 0 Å². The maximum Gasteiger partial charge on any atom is 0.308 e. The first-order valence-electron chi connectivity index (χ1n) is 9.55. The molecule has 1 fully saturated rings. The van der Waals surface area contributed by atoms with E-state index in [1.807, 2.05) is 32.0 Å². The van der Waals surface area contributed by atoms with Crippen molar-refractivity contribution in [3.05, 3.63) is 34.9 Å². The standard InChI is InChI=1S/C20H26ClN3O4S/c1-13(2)12-28-18(26)11-16-19(27)22-9-10-24(16)20(29)23-17(25)8-7-14-5-3-4-6-15(14)21/h3-6,13,16H,7-12H2,1-2H3,(H,22,27)(H,23,25,29). The first-order chi connectivity index (χ1) is 13.8. The summed E-state index contributed by atoms with van der Waals surface area (Å²) in [5.41, 5.74) is 0.873. The molecule has 0 spiro atoms. The largest absolute Gasteiger partial charge is 0.465 e. The predicted molar refractivity (Wildman–Crippen MR) is 114 cm³/mol. The first kappa shape index (κ1) is 23.1. The number of carbonyl (C=O) groups excluding carboxylic acids is 3. The average molecular weight is 440 g/mol. The minimum absolute atomic E-state index is 0.130. The van der Waals surface area contributed by atoms with E-state index in [9.17, 15) is 14.4 Å². The van der Waals surface area contributed by atoms with Crippen molar-refractivity contribution in [2.45, 2.75) is 39.2 Å². The van der Waals surface area contributed by atoms with E-state index in [0.717, 1.165) is 5.56 Å². The number of hydrogen-bond acceptors (Lipinski definition) is 5. The smallest absolute Gasteiger partial charge is 0.308 e. The Morgan fingerprint density at radius 2 is 2.10 bits per heavy atom. The van der Waals surface area contributed by atoms with Crippen LogP contribution in [0.5, 0.6) is 0 Å². The van der Waals surface area contributed by atoms with Gasteiger partial charge in [-0.3, -0.25) is 14.4 Å². The Kier molecular flexibility index (Phi) is 8.85. The second-order valence-corrected chi connectivity index (χ2v) is 8.02. The van der Waals surface area contributed by atoms with Crippen molar-refractivity contribution in [3.63, 3.8) is 0 Å². The summed E-state index contributed by atoms with van der Waals surface area (Å²) in [6.45, 7) is 4.93. The van der Waals surface area contributed by atoms with Gasteiger partial charge in [-0.2, -0.15) is 0 Å². The summed E-state index contributed by atoms with van der Waals surface area (Å²) in [7, 11) is 0. The zero-order valence-corrected chi connectivity index (χ0v) is 18.1. The van der Waals surface area contributed by atoms with E-state index < -0.39 is 12.0 Å². The Morgan fingerprint density at radius 1 is 1.38 bits per heavy atom. The van der Waals surface area contributed by atoms with Crippen LogP contribution in [0.25, 0.3) is 0 Å². The topological polar surface area (TPSA) is 87.7 Å². The highest BCUT2D eigenvalue weighted by Gasteiger charge is 2.34. The number of thiocarbonyl (C=S) groups is 1. The van der Waals surface area contributed by atoms with Crippen molar-refractivity contribution in [2.24, 2.45) is 5.92 Å². The summed E-state index contributed by atoms with van der Waals surface area (Å²) in [6.07, 6.45) is 0.540. The maximum absolute atomic E-state index is 12.3. The van der Waals surface area contributed by atoms with Crippen LogP contribution in [0.4, 0.5) is 0 Å². The van der Waals surface area contributed by atoms with E-state index in [-0.39, 0.29) is 42.3 Å². The Bertz CT molecular complexity index is 772. The van der Waals surface area contributed by atoms with Gasteiger partial charge in [-0.15, -0.1) is 0 Å². The van der Waals surface area contributed by atoms with Gasteiger partial charge in [-0.1, -0.05) is 43.6 Å². The van der Waals surface area contributed by atoms with Crippen molar-refractivity contribution in [3.8, 4) is 0 Å². The number of nitrogens with zero attached hydrogens (tertiary/aromatic N) is 1. The minimum Gasteiger partial charge on any atom is -0.465 e. The zero-order valence-electron chi connectivity index (χ0n) is 16.6. The van der Waals surface area contributed by atoms with Gasteiger partial charge >= 0.3 is 5.97 Å². The third-order valence-corrected chi connectivity index (χ3v) is 5.06. The molecule has 158 valence electrons. The van der Waals surface area contributed by atoms with Gasteiger partial charge in [0.2, 0.25) is 11.8 Å². The molecule has 1 unspecified atom stereocenters. The molecule has 9 heteroatoms. The number of benzene rings is 1. The first-order valence-corrected chi connectivity index (χ1v) is 10.3. The summed E-state index contributed by atoms with van der Waals surface area (Å²) in [5, 5.41) is 6.11. The number of ether oxygens (including phenoxy) is 1. The van der Waals surface area contributed by atoms with Crippen molar-refractivity contribution < 1.29 is 19.1 Å². The summed E-state index contributed by atoms with van der Waals surface area (Å²) < 4.78 is 5.17. The Morgan fingerprint density at radius 3 is 2.79 bits per heavy atom. The van der Waals surface area contributed by atoms with Gasteiger partial charge < -0.3 is 20.3 Å². The molecule has 1 aromatic carbocycles. The molecule has 7 nitrogen and oxygen atoms in total. The average Bonchev–Trinajstić information content (AvgIpc) is 2.67. The zero-order chi connectivity index (χ0) is 21.4. The van der Waals surface area contributed by atoms with Gasteiger partial charge in [0.1, 0.15) is 6.04 Å². The van der Waals surface area contributed by atoms with Crippen LogP contribution in [0.15, 0.2) is 24.3 Å². The molecule has 2 rings (SSSR count). The lowest BCUT2D eigenvalue weighted by Gasteiger charge is -2.36. The van der Waals surface area contributed by atoms with E-state index in [1.165, 1.54) is 0 Å². The van der Waals surface area contributed by atoms with Crippen LogP contribution < -0.4 is 10.6 Å². The Balaban J connectivity index is 1.92. The number of esters is 1. The monoisotopic (exact) mass is 439 g/mol. The predicted octanol–water partition coefficient (Wildman–Crippen LogP) is 2.06. The summed E-state index contributed by atoms with van der Waals surface area (Å²) >= 11 is 11.4. The van der Waals surface area contributed by atoms with E-state index in [2.05, 4.69) is 10.6 Å². The van der Waals surface area contributed by atoms with E-state index >= 15 is 0 Å². The van der Waals surface area contributed by atoms with Crippen LogP contribution >= 0.6 is 23.8 Å².